The van der Waals surface area contributed by atoms with Gasteiger partial charge in [-0.05, 0) is 42.5 Å². The molecule has 1 amide bonds. The Hall–Kier alpha value is -2.73. The van der Waals surface area contributed by atoms with E-state index < -0.39 is 0 Å². The minimum atomic E-state index is -0.0379. The van der Waals surface area contributed by atoms with Crippen molar-refractivity contribution in [2.45, 2.75) is 18.9 Å². The summed E-state index contributed by atoms with van der Waals surface area (Å²) in [6.07, 6.45) is 6.83. The molecular formula is C20H19N3O2S. The van der Waals surface area contributed by atoms with E-state index in [2.05, 4.69) is 4.98 Å². The fourth-order valence-corrected chi connectivity index (χ4v) is 3.99. The molecule has 132 valence electrons. The van der Waals surface area contributed by atoms with Gasteiger partial charge >= 0.3 is 0 Å². The number of hydrogen-bond donors (Lipinski definition) is 0. The summed E-state index contributed by atoms with van der Waals surface area (Å²) in [5.74, 6) is -0.00935. The van der Waals surface area contributed by atoms with E-state index in [1.54, 1.807) is 34.4 Å². The lowest BCUT2D eigenvalue weighted by Gasteiger charge is -2.33. The third kappa shape index (κ3) is 3.32. The first kappa shape index (κ1) is 16.7. The standard InChI is InChI=1S/C20H19N3O2S/c24-19(10-9-16-6-4-12-26-16)22-11-3-5-15(13-22)23-14-21-18-8-2-1-7-17(18)20(23)25/h1-2,4,6-10,12,14-15H,3,5,11,13H2/b10-9+/t15-/m0/s1. The van der Waals surface area contributed by atoms with Gasteiger partial charge in [0, 0.05) is 24.0 Å². The Kier molecular flexibility index (Phi) is 4.67. The highest BCUT2D eigenvalue weighted by molar-refractivity contribution is 7.10. The van der Waals surface area contributed by atoms with Gasteiger partial charge in [-0.2, -0.15) is 0 Å². The zero-order chi connectivity index (χ0) is 17.9. The van der Waals surface area contributed by atoms with Crippen LogP contribution in [0.4, 0.5) is 0 Å². The molecule has 0 unspecified atom stereocenters. The Balaban J connectivity index is 1.54. The van der Waals surface area contributed by atoms with Gasteiger partial charge in [0.15, 0.2) is 0 Å². The molecule has 1 aromatic carbocycles. The van der Waals surface area contributed by atoms with Crippen molar-refractivity contribution < 1.29 is 4.79 Å². The van der Waals surface area contributed by atoms with Gasteiger partial charge in [0.05, 0.1) is 23.3 Å². The summed E-state index contributed by atoms with van der Waals surface area (Å²) in [4.78, 5) is 32.6. The third-order valence-corrected chi connectivity index (χ3v) is 5.56. The maximum Gasteiger partial charge on any atom is 0.261 e. The number of piperidine rings is 1. The smallest absolute Gasteiger partial charge is 0.261 e. The number of hydrogen-bond acceptors (Lipinski definition) is 4. The lowest BCUT2D eigenvalue weighted by molar-refractivity contribution is -0.127. The number of para-hydroxylation sites is 1. The zero-order valence-corrected chi connectivity index (χ0v) is 15.1. The monoisotopic (exact) mass is 365 g/mol. The first-order chi connectivity index (χ1) is 12.7. The Morgan fingerprint density at radius 3 is 2.96 bits per heavy atom. The summed E-state index contributed by atoms with van der Waals surface area (Å²) in [6.45, 7) is 1.26. The van der Waals surface area contributed by atoms with Crippen LogP contribution in [0.2, 0.25) is 0 Å². The van der Waals surface area contributed by atoms with Crippen LogP contribution < -0.4 is 5.56 Å². The van der Waals surface area contributed by atoms with Crippen molar-refractivity contribution in [2.24, 2.45) is 0 Å². The van der Waals surface area contributed by atoms with Crippen molar-refractivity contribution >= 4 is 34.2 Å². The molecule has 6 heteroatoms. The molecule has 5 nitrogen and oxygen atoms in total. The van der Waals surface area contributed by atoms with Gasteiger partial charge in [-0.15, -0.1) is 11.3 Å². The van der Waals surface area contributed by atoms with Crippen molar-refractivity contribution in [2.75, 3.05) is 13.1 Å². The molecule has 0 saturated carbocycles. The van der Waals surface area contributed by atoms with Crippen LogP contribution in [-0.4, -0.2) is 33.4 Å². The van der Waals surface area contributed by atoms with Crippen LogP contribution in [0.5, 0.6) is 0 Å². The summed E-state index contributed by atoms with van der Waals surface area (Å²) >= 11 is 1.60. The van der Waals surface area contributed by atoms with Crippen LogP contribution in [-0.2, 0) is 4.79 Å². The number of aromatic nitrogens is 2. The SMILES string of the molecule is O=C(/C=C/c1cccs1)N1CCC[C@H](n2cnc3ccccc3c2=O)C1. The molecule has 0 bridgehead atoms. The number of fused-ring (bicyclic) bond motifs is 1. The first-order valence-corrected chi connectivity index (χ1v) is 9.57. The highest BCUT2D eigenvalue weighted by Crippen LogP contribution is 2.21. The molecule has 3 aromatic rings. The van der Waals surface area contributed by atoms with Crippen molar-refractivity contribution in [1.82, 2.24) is 14.5 Å². The average molecular weight is 365 g/mol. The van der Waals surface area contributed by atoms with Gasteiger partial charge in [0.1, 0.15) is 0 Å². The number of benzene rings is 1. The quantitative estimate of drug-likeness (QED) is 0.669. The Morgan fingerprint density at radius 2 is 2.12 bits per heavy atom. The van der Waals surface area contributed by atoms with E-state index in [0.717, 1.165) is 24.3 Å². The Bertz CT molecular complexity index is 1010. The highest BCUT2D eigenvalue weighted by Gasteiger charge is 2.24. The third-order valence-electron chi connectivity index (χ3n) is 4.73. The van der Waals surface area contributed by atoms with Gasteiger partial charge in [-0.1, -0.05) is 18.2 Å². The molecule has 1 aliphatic heterocycles. The molecule has 26 heavy (non-hydrogen) atoms. The summed E-state index contributed by atoms with van der Waals surface area (Å²) in [7, 11) is 0. The Morgan fingerprint density at radius 1 is 1.23 bits per heavy atom. The predicted octanol–water partition coefficient (Wildman–Crippen LogP) is 3.33. The molecule has 4 rings (SSSR count). The number of rotatable bonds is 3. The molecule has 1 fully saturated rings. The minimum Gasteiger partial charge on any atom is -0.337 e. The molecule has 1 aliphatic rings. The van der Waals surface area contributed by atoms with Crippen molar-refractivity contribution in [3.8, 4) is 0 Å². The number of likely N-dealkylation sites (tertiary alicyclic amines) is 1. The van der Waals surface area contributed by atoms with Gasteiger partial charge < -0.3 is 4.90 Å². The van der Waals surface area contributed by atoms with E-state index in [1.807, 2.05) is 46.7 Å². The van der Waals surface area contributed by atoms with E-state index >= 15 is 0 Å². The summed E-state index contributed by atoms with van der Waals surface area (Å²) in [5.41, 5.74) is 0.667. The second kappa shape index (κ2) is 7.25. The van der Waals surface area contributed by atoms with Crippen LogP contribution in [0.3, 0.4) is 0 Å². The number of thiophene rings is 1. The van der Waals surface area contributed by atoms with Crippen molar-refractivity contribution in [3.63, 3.8) is 0 Å². The van der Waals surface area contributed by atoms with Gasteiger partial charge in [0.2, 0.25) is 5.91 Å². The highest BCUT2D eigenvalue weighted by atomic mass is 32.1. The molecular weight excluding hydrogens is 346 g/mol. The lowest BCUT2D eigenvalue weighted by Crippen LogP contribution is -2.42. The molecule has 0 radical (unpaired) electrons. The molecule has 3 heterocycles. The first-order valence-electron chi connectivity index (χ1n) is 8.69. The van der Waals surface area contributed by atoms with Crippen molar-refractivity contribution in [1.29, 1.82) is 0 Å². The summed E-state index contributed by atoms with van der Waals surface area (Å²) in [5, 5.41) is 2.61. The molecule has 2 aromatic heterocycles. The fourth-order valence-electron chi connectivity index (χ4n) is 3.37. The van der Waals surface area contributed by atoms with Crippen LogP contribution in [0.15, 0.2) is 59.0 Å². The molecule has 1 atom stereocenters. The van der Waals surface area contributed by atoms with E-state index in [1.165, 1.54) is 0 Å². The second-order valence-corrected chi connectivity index (χ2v) is 7.38. The van der Waals surface area contributed by atoms with E-state index in [4.69, 9.17) is 0 Å². The maximum atomic E-state index is 12.8. The van der Waals surface area contributed by atoms with Crippen molar-refractivity contribution in [3.05, 3.63) is 69.4 Å². The van der Waals surface area contributed by atoms with Crippen LogP contribution in [0, 0.1) is 0 Å². The average Bonchev–Trinajstić information content (AvgIpc) is 3.20. The van der Waals surface area contributed by atoms with Crippen LogP contribution in [0.1, 0.15) is 23.8 Å². The van der Waals surface area contributed by atoms with Crippen LogP contribution >= 0.6 is 11.3 Å². The zero-order valence-electron chi connectivity index (χ0n) is 14.2. The number of carbonyl (C=O) groups is 1. The largest absolute Gasteiger partial charge is 0.337 e. The van der Waals surface area contributed by atoms with E-state index in [9.17, 15) is 9.59 Å². The number of nitrogens with zero attached hydrogens (tertiary/aromatic N) is 3. The lowest BCUT2D eigenvalue weighted by atomic mass is 10.0. The Labute approximate surface area is 155 Å². The number of carbonyl (C=O) groups excluding carboxylic acids is 1. The molecule has 1 saturated heterocycles. The summed E-state index contributed by atoms with van der Waals surface area (Å²) in [6, 6.07) is 11.3. The fraction of sp³-hybridized carbons (Fsp3) is 0.250. The molecule has 0 aliphatic carbocycles. The van der Waals surface area contributed by atoms with Crippen LogP contribution in [0.25, 0.3) is 17.0 Å². The van der Waals surface area contributed by atoms with E-state index in [-0.39, 0.29) is 17.5 Å². The predicted molar refractivity (Wildman–Crippen MR) is 104 cm³/mol. The minimum absolute atomic E-state index is 0.00935. The number of amides is 1. The maximum absolute atomic E-state index is 12.8. The molecule has 0 spiro atoms. The topological polar surface area (TPSA) is 55.2 Å². The second-order valence-electron chi connectivity index (χ2n) is 6.40. The van der Waals surface area contributed by atoms with Gasteiger partial charge in [-0.25, -0.2) is 4.98 Å². The van der Waals surface area contributed by atoms with Gasteiger partial charge in [0.25, 0.3) is 5.56 Å². The normalized spacial score (nSPS) is 17.8. The van der Waals surface area contributed by atoms with Gasteiger partial charge in [-0.3, -0.25) is 14.2 Å². The molecule has 0 N–H and O–H groups in total. The van der Waals surface area contributed by atoms with E-state index in [0.29, 0.717) is 17.4 Å². The summed E-state index contributed by atoms with van der Waals surface area (Å²) < 4.78 is 1.69.